The van der Waals surface area contributed by atoms with Crippen LogP contribution in [0.4, 0.5) is 6.01 Å². The number of rotatable bonds is 2. The normalized spacial score (nSPS) is 11.5. The summed E-state index contributed by atoms with van der Waals surface area (Å²) in [5.74, 6) is 0.624. The fourth-order valence-electron chi connectivity index (χ4n) is 1.65. The highest BCUT2D eigenvalue weighted by Crippen LogP contribution is 2.28. The Morgan fingerprint density at radius 1 is 1.47 bits per heavy atom. The number of nitrogens with zero attached hydrogens (tertiary/aromatic N) is 1. The van der Waals surface area contributed by atoms with Gasteiger partial charge < -0.3 is 10.2 Å². The van der Waals surface area contributed by atoms with Gasteiger partial charge in [-0.3, -0.25) is 0 Å². The van der Waals surface area contributed by atoms with Crippen molar-refractivity contribution in [1.82, 2.24) is 4.98 Å². The highest BCUT2D eigenvalue weighted by molar-refractivity contribution is 9.10. The van der Waals surface area contributed by atoms with Crippen LogP contribution in [0.1, 0.15) is 19.4 Å². The lowest BCUT2D eigenvalue weighted by Crippen LogP contribution is -1.93. The van der Waals surface area contributed by atoms with Crippen LogP contribution < -0.4 is 5.73 Å². The molecule has 1 aromatic heterocycles. The molecule has 0 aliphatic rings. The van der Waals surface area contributed by atoms with Crippen LogP contribution in [-0.2, 0) is 6.42 Å². The average Bonchev–Trinajstić information content (AvgIpc) is 2.44. The number of hydrogen-bond acceptors (Lipinski definition) is 3. The molecule has 0 fully saturated rings. The molecule has 4 heteroatoms. The molecule has 0 spiro atoms. The predicted octanol–water partition coefficient (Wildman–Crippen LogP) is 3.37. The van der Waals surface area contributed by atoms with Gasteiger partial charge in [0, 0.05) is 0 Å². The van der Waals surface area contributed by atoms with E-state index in [2.05, 4.69) is 40.8 Å². The van der Waals surface area contributed by atoms with Crippen molar-refractivity contribution in [2.24, 2.45) is 5.92 Å². The zero-order valence-corrected chi connectivity index (χ0v) is 10.3. The number of fused-ring (bicyclic) bond motifs is 1. The lowest BCUT2D eigenvalue weighted by atomic mass is 10.0. The molecule has 0 bridgehead atoms. The molecule has 0 aliphatic carbocycles. The Morgan fingerprint density at radius 2 is 2.20 bits per heavy atom. The van der Waals surface area contributed by atoms with Gasteiger partial charge in [0.1, 0.15) is 5.52 Å². The number of nitrogen functional groups attached to an aromatic ring is 1. The number of aromatic nitrogens is 1. The SMILES string of the molecule is CC(C)Cc1cc(Br)c2oc(N)nc2c1. The summed E-state index contributed by atoms with van der Waals surface area (Å²) in [6.45, 7) is 4.38. The van der Waals surface area contributed by atoms with Crippen LogP contribution in [0.3, 0.4) is 0 Å². The number of anilines is 1. The third kappa shape index (κ3) is 2.15. The van der Waals surface area contributed by atoms with E-state index in [4.69, 9.17) is 10.2 Å². The van der Waals surface area contributed by atoms with Crippen LogP contribution in [0.15, 0.2) is 21.0 Å². The molecule has 80 valence electrons. The molecule has 0 saturated carbocycles. The summed E-state index contributed by atoms with van der Waals surface area (Å²) >= 11 is 3.46. The monoisotopic (exact) mass is 268 g/mol. The fourth-order valence-corrected chi connectivity index (χ4v) is 2.23. The molecule has 2 N–H and O–H groups in total. The van der Waals surface area contributed by atoms with E-state index in [1.165, 1.54) is 5.56 Å². The minimum absolute atomic E-state index is 0.215. The maximum absolute atomic E-state index is 5.51. The summed E-state index contributed by atoms with van der Waals surface area (Å²) in [6.07, 6.45) is 1.03. The van der Waals surface area contributed by atoms with E-state index in [9.17, 15) is 0 Å². The van der Waals surface area contributed by atoms with E-state index < -0.39 is 0 Å². The molecule has 2 rings (SSSR count). The molecule has 15 heavy (non-hydrogen) atoms. The van der Waals surface area contributed by atoms with E-state index in [1.54, 1.807) is 0 Å². The van der Waals surface area contributed by atoms with E-state index >= 15 is 0 Å². The fraction of sp³-hybridized carbons (Fsp3) is 0.364. The van der Waals surface area contributed by atoms with Gasteiger partial charge in [0.05, 0.1) is 4.47 Å². The first-order valence-electron chi connectivity index (χ1n) is 4.90. The topological polar surface area (TPSA) is 52.0 Å². The molecule has 0 aliphatic heterocycles. The zero-order chi connectivity index (χ0) is 11.0. The van der Waals surface area contributed by atoms with Gasteiger partial charge in [-0.15, -0.1) is 0 Å². The van der Waals surface area contributed by atoms with Crippen molar-refractivity contribution in [3.8, 4) is 0 Å². The van der Waals surface area contributed by atoms with Gasteiger partial charge in [-0.1, -0.05) is 13.8 Å². The van der Waals surface area contributed by atoms with Gasteiger partial charge in [0.15, 0.2) is 5.58 Å². The van der Waals surface area contributed by atoms with Crippen LogP contribution in [0.5, 0.6) is 0 Å². The van der Waals surface area contributed by atoms with Crippen molar-refractivity contribution >= 4 is 33.0 Å². The minimum Gasteiger partial charge on any atom is -0.422 e. The third-order valence-electron chi connectivity index (χ3n) is 2.17. The highest BCUT2D eigenvalue weighted by atomic mass is 79.9. The van der Waals surface area contributed by atoms with E-state index in [0.29, 0.717) is 5.92 Å². The van der Waals surface area contributed by atoms with Gasteiger partial charge >= 0.3 is 0 Å². The molecule has 0 radical (unpaired) electrons. The molecular weight excluding hydrogens is 256 g/mol. The molecule has 0 saturated heterocycles. The Kier molecular flexibility index (Phi) is 2.69. The minimum atomic E-state index is 0.215. The van der Waals surface area contributed by atoms with E-state index in [0.717, 1.165) is 22.0 Å². The first-order valence-corrected chi connectivity index (χ1v) is 5.70. The van der Waals surface area contributed by atoms with Crippen molar-refractivity contribution in [1.29, 1.82) is 0 Å². The Hall–Kier alpha value is -1.03. The molecule has 0 atom stereocenters. The largest absolute Gasteiger partial charge is 0.422 e. The number of halogens is 1. The maximum Gasteiger partial charge on any atom is 0.293 e. The van der Waals surface area contributed by atoms with Gasteiger partial charge in [0.25, 0.3) is 6.01 Å². The molecule has 1 aromatic carbocycles. The second-order valence-electron chi connectivity index (χ2n) is 4.08. The first-order chi connectivity index (χ1) is 7.06. The lowest BCUT2D eigenvalue weighted by Gasteiger charge is -2.04. The molecule has 0 unspecified atom stereocenters. The second kappa shape index (κ2) is 3.85. The number of nitrogens with two attached hydrogens (primary N) is 1. The molecule has 2 aromatic rings. The van der Waals surface area contributed by atoms with Gasteiger partial charge in [-0.25, -0.2) is 0 Å². The number of oxazole rings is 1. The molecule has 0 amide bonds. The smallest absolute Gasteiger partial charge is 0.293 e. The number of benzene rings is 1. The Morgan fingerprint density at radius 3 is 2.87 bits per heavy atom. The van der Waals surface area contributed by atoms with Crippen LogP contribution >= 0.6 is 15.9 Å². The second-order valence-corrected chi connectivity index (χ2v) is 4.93. The van der Waals surface area contributed by atoms with Crippen LogP contribution in [-0.4, -0.2) is 4.98 Å². The van der Waals surface area contributed by atoms with Crippen molar-refractivity contribution in [3.63, 3.8) is 0 Å². The summed E-state index contributed by atoms with van der Waals surface area (Å²) in [7, 11) is 0. The first kappa shape index (κ1) is 10.5. The molecular formula is C11H13BrN2O. The van der Waals surface area contributed by atoms with E-state index in [1.807, 2.05) is 6.07 Å². The summed E-state index contributed by atoms with van der Waals surface area (Å²) < 4.78 is 6.19. The van der Waals surface area contributed by atoms with Crippen molar-refractivity contribution < 1.29 is 4.42 Å². The quantitative estimate of drug-likeness (QED) is 0.909. The average molecular weight is 269 g/mol. The van der Waals surface area contributed by atoms with Crippen molar-refractivity contribution in [2.45, 2.75) is 20.3 Å². The standard InChI is InChI=1S/C11H13BrN2O/c1-6(2)3-7-4-8(12)10-9(5-7)14-11(13)15-10/h4-6H,3H2,1-2H3,(H2,13,14). The Balaban J connectivity index is 2.51. The summed E-state index contributed by atoms with van der Waals surface area (Å²) in [5.41, 5.74) is 8.30. The lowest BCUT2D eigenvalue weighted by molar-refractivity contribution is 0.623. The summed E-state index contributed by atoms with van der Waals surface area (Å²) in [5, 5.41) is 0. The van der Waals surface area contributed by atoms with Crippen molar-refractivity contribution in [2.75, 3.05) is 5.73 Å². The van der Waals surface area contributed by atoms with Crippen LogP contribution in [0.2, 0.25) is 0 Å². The molecule has 3 nitrogen and oxygen atoms in total. The summed E-state index contributed by atoms with van der Waals surface area (Å²) in [6, 6.07) is 4.31. The van der Waals surface area contributed by atoms with Crippen LogP contribution in [0, 0.1) is 5.92 Å². The highest BCUT2D eigenvalue weighted by Gasteiger charge is 2.09. The Bertz CT molecular complexity index is 491. The van der Waals surface area contributed by atoms with E-state index in [-0.39, 0.29) is 6.01 Å². The Labute approximate surface area is 96.8 Å². The van der Waals surface area contributed by atoms with Gasteiger partial charge in [-0.2, -0.15) is 4.98 Å². The maximum atomic E-state index is 5.51. The number of hydrogen-bond donors (Lipinski definition) is 1. The van der Waals surface area contributed by atoms with Crippen LogP contribution in [0.25, 0.3) is 11.1 Å². The third-order valence-corrected chi connectivity index (χ3v) is 2.75. The van der Waals surface area contributed by atoms with Crippen molar-refractivity contribution in [3.05, 3.63) is 22.2 Å². The molecule has 1 heterocycles. The van der Waals surface area contributed by atoms with Gasteiger partial charge in [0.2, 0.25) is 0 Å². The summed E-state index contributed by atoms with van der Waals surface area (Å²) in [4.78, 5) is 4.12. The zero-order valence-electron chi connectivity index (χ0n) is 8.75. The predicted molar refractivity (Wildman–Crippen MR) is 64.7 cm³/mol. The van der Waals surface area contributed by atoms with Gasteiger partial charge in [-0.05, 0) is 46.0 Å².